The Morgan fingerprint density at radius 3 is 2.35 bits per heavy atom. The summed E-state index contributed by atoms with van der Waals surface area (Å²) in [5, 5.41) is 8.56. The molecule has 0 aromatic heterocycles. The van der Waals surface area contributed by atoms with Crippen molar-refractivity contribution in [1.29, 1.82) is 0 Å². The Morgan fingerprint density at radius 1 is 1.15 bits per heavy atom. The van der Waals surface area contributed by atoms with E-state index in [1.807, 2.05) is 37.4 Å². The van der Waals surface area contributed by atoms with Crippen LogP contribution < -0.4 is 16.0 Å². The number of amides is 2. The van der Waals surface area contributed by atoms with Crippen LogP contribution in [0.15, 0.2) is 30.3 Å². The molecule has 20 heavy (non-hydrogen) atoms. The molecule has 112 valence electrons. The standard InChI is InChI=1S/C14H21N3O2.ClH/c1-11(18)17-13(12-6-4-3-5-7-12)10-14(19)16-9-8-15-2;/h3-7,13,15H,8-10H2,1-2H3,(H,16,19)(H,17,18);1H. The third-order valence-electron chi connectivity index (χ3n) is 2.67. The van der Waals surface area contributed by atoms with Crippen LogP contribution in [0.5, 0.6) is 0 Å². The highest BCUT2D eigenvalue weighted by atomic mass is 35.5. The summed E-state index contributed by atoms with van der Waals surface area (Å²) in [6, 6.07) is 9.21. The average Bonchev–Trinajstić information content (AvgIpc) is 2.39. The van der Waals surface area contributed by atoms with Crippen molar-refractivity contribution in [3.8, 4) is 0 Å². The monoisotopic (exact) mass is 299 g/mol. The first kappa shape index (κ1) is 18.4. The molecule has 2 amide bonds. The minimum Gasteiger partial charge on any atom is -0.355 e. The lowest BCUT2D eigenvalue weighted by Crippen LogP contribution is -2.35. The normalized spacial score (nSPS) is 11.1. The number of likely N-dealkylation sites (N-methyl/N-ethyl adjacent to an activating group) is 1. The van der Waals surface area contributed by atoms with Gasteiger partial charge in [0.05, 0.1) is 12.5 Å². The quantitative estimate of drug-likeness (QED) is 0.658. The first-order valence-corrected chi connectivity index (χ1v) is 6.37. The Morgan fingerprint density at radius 2 is 1.80 bits per heavy atom. The van der Waals surface area contributed by atoms with Crippen LogP contribution in [0.25, 0.3) is 0 Å². The van der Waals surface area contributed by atoms with Gasteiger partial charge in [0.2, 0.25) is 11.8 Å². The number of hydrogen-bond acceptors (Lipinski definition) is 3. The predicted octanol–water partition coefficient (Wildman–Crippen LogP) is 1.01. The minimum absolute atomic E-state index is 0. The Hall–Kier alpha value is -1.59. The zero-order valence-corrected chi connectivity index (χ0v) is 12.6. The number of hydrogen-bond donors (Lipinski definition) is 3. The molecule has 6 heteroatoms. The fourth-order valence-corrected chi connectivity index (χ4v) is 1.77. The molecule has 1 unspecified atom stereocenters. The SMILES string of the molecule is CNCCNC(=O)CC(NC(C)=O)c1ccccc1.Cl. The Labute approximate surface area is 125 Å². The largest absolute Gasteiger partial charge is 0.355 e. The summed E-state index contributed by atoms with van der Waals surface area (Å²) in [5.74, 6) is -0.213. The Balaban J connectivity index is 0.00000361. The molecule has 0 heterocycles. The van der Waals surface area contributed by atoms with Gasteiger partial charge in [-0.1, -0.05) is 30.3 Å². The van der Waals surface area contributed by atoms with E-state index >= 15 is 0 Å². The van der Waals surface area contributed by atoms with Crippen molar-refractivity contribution < 1.29 is 9.59 Å². The zero-order chi connectivity index (χ0) is 14.1. The van der Waals surface area contributed by atoms with E-state index < -0.39 is 0 Å². The molecule has 5 nitrogen and oxygen atoms in total. The lowest BCUT2D eigenvalue weighted by atomic mass is 10.0. The Bertz CT molecular complexity index is 412. The van der Waals surface area contributed by atoms with E-state index in [0.29, 0.717) is 6.54 Å². The molecule has 0 saturated carbocycles. The molecule has 1 aromatic rings. The van der Waals surface area contributed by atoms with Gasteiger partial charge in [0, 0.05) is 20.0 Å². The summed E-state index contributed by atoms with van der Waals surface area (Å²) in [6.07, 6.45) is 0.243. The van der Waals surface area contributed by atoms with Gasteiger partial charge in [0.25, 0.3) is 0 Å². The molecular weight excluding hydrogens is 278 g/mol. The van der Waals surface area contributed by atoms with Crippen LogP contribution >= 0.6 is 12.4 Å². The third-order valence-corrected chi connectivity index (χ3v) is 2.67. The van der Waals surface area contributed by atoms with Crippen LogP contribution in [-0.2, 0) is 9.59 Å². The van der Waals surface area contributed by atoms with Crippen molar-refractivity contribution in [2.75, 3.05) is 20.1 Å². The number of rotatable bonds is 7. The summed E-state index contributed by atoms with van der Waals surface area (Å²) in [4.78, 5) is 23.0. The van der Waals surface area contributed by atoms with E-state index in [9.17, 15) is 9.59 Å². The van der Waals surface area contributed by atoms with Gasteiger partial charge in [-0.2, -0.15) is 0 Å². The summed E-state index contributed by atoms with van der Waals surface area (Å²) >= 11 is 0. The van der Waals surface area contributed by atoms with Crippen LogP contribution in [0.4, 0.5) is 0 Å². The summed E-state index contributed by atoms with van der Waals surface area (Å²) in [7, 11) is 1.83. The maximum Gasteiger partial charge on any atom is 0.222 e. The fourth-order valence-electron chi connectivity index (χ4n) is 1.77. The van der Waals surface area contributed by atoms with Gasteiger partial charge in [0.1, 0.15) is 0 Å². The molecule has 0 spiro atoms. The molecule has 0 aliphatic carbocycles. The van der Waals surface area contributed by atoms with Crippen LogP contribution in [0.3, 0.4) is 0 Å². The van der Waals surface area contributed by atoms with Gasteiger partial charge in [-0.05, 0) is 12.6 Å². The van der Waals surface area contributed by atoms with Crippen molar-refractivity contribution in [3.63, 3.8) is 0 Å². The molecule has 0 saturated heterocycles. The smallest absolute Gasteiger partial charge is 0.222 e. The highest BCUT2D eigenvalue weighted by Crippen LogP contribution is 2.16. The molecule has 3 N–H and O–H groups in total. The van der Waals surface area contributed by atoms with Crippen LogP contribution in [-0.4, -0.2) is 32.0 Å². The highest BCUT2D eigenvalue weighted by Gasteiger charge is 2.16. The van der Waals surface area contributed by atoms with E-state index in [4.69, 9.17) is 0 Å². The molecule has 0 aliphatic rings. The van der Waals surface area contributed by atoms with Gasteiger partial charge in [0.15, 0.2) is 0 Å². The van der Waals surface area contributed by atoms with E-state index in [0.717, 1.165) is 12.1 Å². The number of carbonyl (C=O) groups excluding carboxylic acids is 2. The second-order valence-electron chi connectivity index (χ2n) is 4.32. The van der Waals surface area contributed by atoms with E-state index in [1.54, 1.807) is 0 Å². The maximum atomic E-state index is 11.8. The summed E-state index contributed by atoms with van der Waals surface area (Å²) in [6.45, 7) is 2.76. The molecule has 1 aromatic carbocycles. The first-order valence-electron chi connectivity index (χ1n) is 6.37. The molecule has 1 atom stereocenters. The topological polar surface area (TPSA) is 70.2 Å². The van der Waals surface area contributed by atoms with Crippen molar-refractivity contribution in [2.24, 2.45) is 0 Å². The van der Waals surface area contributed by atoms with Crippen LogP contribution in [0.2, 0.25) is 0 Å². The highest BCUT2D eigenvalue weighted by molar-refractivity contribution is 5.85. The Kier molecular flexibility index (Phi) is 9.41. The third kappa shape index (κ3) is 7.11. The van der Waals surface area contributed by atoms with E-state index in [-0.39, 0.29) is 36.7 Å². The second-order valence-corrected chi connectivity index (χ2v) is 4.32. The predicted molar refractivity (Wildman–Crippen MR) is 81.8 cm³/mol. The molecule has 1 rings (SSSR count). The lowest BCUT2D eigenvalue weighted by Gasteiger charge is -2.18. The number of benzene rings is 1. The molecule has 0 radical (unpaired) electrons. The van der Waals surface area contributed by atoms with Gasteiger partial charge >= 0.3 is 0 Å². The minimum atomic E-state index is -0.284. The van der Waals surface area contributed by atoms with Gasteiger partial charge < -0.3 is 16.0 Å². The van der Waals surface area contributed by atoms with Gasteiger partial charge in [-0.3, -0.25) is 9.59 Å². The van der Waals surface area contributed by atoms with Crippen molar-refractivity contribution in [2.45, 2.75) is 19.4 Å². The second kappa shape index (κ2) is 10.2. The molecule has 0 fully saturated rings. The fraction of sp³-hybridized carbons (Fsp3) is 0.429. The van der Waals surface area contributed by atoms with Gasteiger partial charge in [-0.15, -0.1) is 12.4 Å². The van der Waals surface area contributed by atoms with E-state index in [2.05, 4.69) is 16.0 Å². The first-order chi connectivity index (χ1) is 9.13. The zero-order valence-electron chi connectivity index (χ0n) is 11.8. The van der Waals surface area contributed by atoms with Crippen molar-refractivity contribution >= 4 is 24.2 Å². The summed E-state index contributed by atoms with van der Waals surface area (Å²) < 4.78 is 0. The molecule has 0 aliphatic heterocycles. The van der Waals surface area contributed by atoms with E-state index in [1.165, 1.54) is 6.92 Å². The van der Waals surface area contributed by atoms with Gasteiger partial charge in [-0.25, -0.2) is 0 Å². The molecule has 0 bridgehead atoms. The van der Waals surface area contributed by atoms with Crippen molar-refractivity contribution in [1.82, 2.24) is 16.0 Å². The van der Waals surface area contributed by atoms with Crippen molar-refractivity contribution in [3.05, 3.63) is 35.9 Å². The maximum absolute atomic E-state index is 11.8. The number of halogens is 1. The van der Waals surface area contributed by atoms with Crippen LogP contribution in [0.1, 0.15) is 24.9 Å². The lowest BCUT2D eigenvalue weighted by molar-refractivity contribution is -0.122. The number of carbonyl (C=O) groups is 2. The van der Waals surface area contributed by atoms with Crippen LogP contribution in [0, 0.1) is 0 Å². The number of nitrogens with one attached hydrogen (secondary N) is 3. The summed E-state index contributed by atoms with van der Waals surface area (Å²) in [5.41, 5.74) is 0.932. The molecular formula is C14H22ClN3O2. The average molecular weight is 300 g/mol.